The molecule has 0 bridgehead atoms. The Hall–Kier alpha value is -1.42. The molecule has 4 nitrogen and oxygen atoms in total. The Balaban J connectivity index is 2.26. The maximum Gasteiger partial charge on any atom is 0.273 e. The van der Waals surface area contributed by atoms with Crippen LogP contribution in [0.4, 0.5) is 5.69 Å². The van der Waals surface area contributed by atoms with E-state index in [2.05, 4.69) is 0 Å². The molecule has 0 aromatic heterocycles. The van der Waals surface area contributed by atoms with Crippen molar-refractivity contribution < 1.29 is 9.72 Å². The summed E-state index contributed by atoms with van der Waals surface area (Å²) in [6, 6.07) is 4.31. The van der Waals surface area contributed by atoms with Crippen molar-refractivity contribution in [3.8, 4) is 0 Å². The second kappa shape index (κ2) is 4.22. The number of nitrogens with zero attached hydrogens (tertiary/aromatic N) is 1. The number of rotatable bonds is 4. The highest BCUT2D eigenvalue weighted by atomic mass is 35.5. The Bertz CT molecular complexity index is 455. The molecule has 1 aliphatic rings. The summed E-state index contributed by atoms with van der Waals surface area (Å²) in [4.78, 5) is 21.9. The van der Waals surface area contributed by atoms with Crippen LogP contribution in [0.1, 0.15) is 18.4 Å². The molecule has 1 aromatic rings. The fraction of sp³-hybridized carbons (Fsp3) is 0.364. The number of nitro benzene ring substituents is 1. The Kier molecular flexibility index (Phi) is 2.92. The molecule has 0 saturated heterocycles. The fourth-order valence-corrected chi connectivity index (χ4v) is 1.81. The van der Waals surface area contributed by atoms with Gasteiger partial charge >= 0.3 is 0 Å². The number of nitro groups is 1. The van der Waals surface area contributed by atoms with Crippen molar-refractivity contribution in [1.82, 2.24) is 0 Å². The van der Waals surface area contributed by atoms with Gasteiger partial charge < -0.3 is 0 Å². The minimum absolute atomic E-state index is 0.0293. The molecule has 0 radical (unpaired) electrons. The summed E-state index contributed by atoms with van der Waals surface area (Å²) in [5.41, 5.74) is 0.382. The molecule has 1 aromatic carbocycles. The first-order valence-electron chi connectivity index (χ1n) is 5.03. The molecule has 1 saturated carbocycles. The van der Waals surface area contributed by atoms with Crippen LogP contribution in [0.25, 0.3) is 0 Å². The van der Waals surface area contributed by atoms with Crippen LogP contribution in [0.3, 0.4) is 0 Å². The summed E-state index contributed by atoms with van der Waals surface area (Å²) in [5.74, 6) is 0.184. The highest BCUT2D eigenvalue weighted by molar-refractivity contribution is 6.30. The van der Waals surface area contributed by atoms with Crippen LogP contribution in [0.15, 0.2) is 18.2 Å². The molecule has 5 heteroatoms. The molecule has 2 rings (SSSR count). The Labute approximate surface area is 97.4 Å². The van der Waals surface area contributed by atoms with E-state index in [1.54, 1.807) is 0 Å². The summed E-state index contributed by atoms with van der Waals surface area (Å²) in [7, 11) is 0. The Morgan fingerprint density at radius 3 is 2.75 bits per heavy atom. The van der Waals surface area contributed by atoms with Crippen LogP contribution in [0.2, 0.25) is 5.02 Å². The maximum atomic E-state index is 11.6. The average molecular weight is 240 g/mol. The molecule has 1 aliphatic carbocycles. The zero-order chi connectivity index (χ0) is 11.7. The van der Waals surface area contributed by atoms with Gasteiger partial charge in [0.1, 0.15) is 5.78 Å². The zero-order valence-electron chi connectivity index (χ0n) is 8.48. The van der Waals surface area contributed by atoms with Gasteiger partial charge in [-0.1, -0.05) is 11.6 Å². The third kappa shape index (κ3) is 2.39. The molecule has 0 amide bonds. The smallest absolute Gasteiger partial charge is 0.273 e. The van der Waals surface area contributed by atoms with Crippen molar-refractivity contribution in [3.05, 3.63) is 38.9 Å². The van der Waals surface area contributed by atoms with E-state index in [1.807, 2.05) is 0 Å². The lowest BCUT2D eigenvalue weighted by atomic mass is 10.0. The highest BCUT2D eigenvalue weighted by Crippen LogP contribution is 2.32. The van der Waals surface area contributed by atoms with Crippen molar-refractivity contribution in [3.63, 3.8) is 0 Å². The number of hydrogen-bond acceptors (Lipinski definition) is 3. The van der Waals surface area contributed by atoms with E-state index in [-0.39, 0.29) is 23.8 Å². The monoisotopic (exact) mass is 239 g/mol. The highest BCUT2D eigenvalue weighted by Gasteiger charge is 2.30. The van der Waals surface area contributed by atoms with Crippen molar-refractivity contribution in [2.75, 3.05) is 0 Å². The van der Waals surface area contributed by atoms with E-state index in [1.165, 1.54) is 18.2 Å². The molecule has 0 atom stereocenters. The lowest BCUT2D eigenvalue weighted by Gasteiger charge is -2.02. The fourth-order valence-electron chi connectivity index (χ4n) is 1.61. The van der Waals surface area contributed by atoms with Crippen molar-refractivity contribution in [1.29, 1.82) is 0 Å². The number of Topliss-reactive ketones (excluding diaryl/α,β-unsaturated/α-hetero) is 1. The van der Waals surface area contributed by atoms with Gasteiger partial charge in [-0.15, -0.1) is 0 Å². The van der Waals surface area contributed by atoms with Crippen molar-refractivity contribution in [2.24, 2.45) is 5.92 Å². The molecule has 16 heavy (non-hydrogen) atoms. The second-order valence-electron chi connectivity index (χ2n) is 3.95. The predicted molar refractivity (Wildman–Crippen MR) is 59.5 cm³/mol. The van der Waals surface area contributed by atoms with Crippen LogP contribution >= 0.6 is 11.6 Å². The molecule has 0 spiro atoms. The maximum absolute atomic E-state index is 11.6. The van der Waals surface area contributed by atoms with E-state index in [9.17, 15) is 14.9 Å². The van der Waals surface area contributed by atoms with Gasteiger partial charge in [0.2, 0.25) is 0 Å². The molecular formula is C11H10ClNO3. The summed E-state index contributed by atoms with van der Waals surface area (Å²) in [5, 5.41) is 11.2. The van der Waals surface area contributed by atoms with Gasteiger partial charge in [0.25, 0.3) is 5.69 Å². The first-order valence-corrected chi connectivity index (χ1v) is 5.41. The van der Waals surface area contributed by atoms with Gasteiger partial charge in [0, 0.05) is 29.0 Å². The first kappa shape index (κ1) is 11.1. The summed E-state index contributed by atoms with van der Waals surface area (Å²) >= 11 is 5.77. The minimum atomic E-state index is -0.480. The largest absolute Gasteiger partial charge is 0.299 e. The van der Waals surface area contributed by atoms with Gasteiger partial charge in [-0.05, 0) is 25.0 Å². The first-order chi connectivity index (χ1) is 7.58. The molecule has 1 fully saturated rings. The SMILES string of the molecule is O=C(Cc1cc(Cl)ccc1[N+](=O)[O-])C1CC1. The van der Waals surface area contributed by atoms with Gasteiger partial charge in [-0.3, -0.25) is 14.9 Å². The topological polar surface area (TPSA) is 60.2 Å². The quantitative estimate of drug-likeness (QED) is 0.600. The second-order valence-corrected chi connectivity index (χ2v) is 4.38. The van der Waals surface area contributed by atoms with Crippen LogP contribution in [-0.4, -0.2) is 10.7 Å². The van der Waals surface area contributed by atoms with Crippen LogP contribution < -0.4 is 0 Å². The third-order valence-corrected chi connectivity index (χ3v) is 2.87. The summed E-state index contributed by atoms with van der Waals surface area (Å²) < 4.78 is 0. The van der Waals surface area contributed by atoms with E-state index < -0.39 is 4.92 Å². The number of halogens is 1. The lowest BCUT2D eigenvalue weighted by molar-refractivity contribution is -0.385. The average Bonchev–Trinajstić information content (AvgIpc) is 2.99. The minimum Gasteiger partial charge on any atom is -0.299 e. The Morgan fingerprint density at radius 1 is 1.50 bits per heavy atom. The van der Waals surface area contributed by atoms with Crippen LogP contribution in [0, 0.1) is 16.0 Å². The van der Waals surface area contributed by atoms with Gasteiger partial charge in [0.15, 0.2) is 0 Å². The Morgan fingerprint density at radius 2 is 2.19 bits per heavy atom. The van der Waals surface area contributed by atoms with Crippen LogP contribution in [-0.2, 0) is 11.2 Å². The lowest BCUT2D eigenvalue weighted by Crippen LogP contribution is -2.06. The third-order valence-electron chi connectivity index (χ3n) is 2.64. The molecule has 0 aliphatic heterocycles. The molecule has 0 heterocycles. The number of carbonyl (C=O) groups is 1. The number of benzene rings is 1. The summed E-state index contributed by atoms with van der Waals surface area (Å²) in [6.45, 7) is 0. The summed E-state index contributed by atoms with van der Waals surface area (Å²) in [6.07, 6.45) is 1.93. The molecule has 0 N–H and O–H groups in total. The van der Waals surface area contributed by atoms with Crippen molar-refractivity contribution in [2.45, 2.75) is 19.3 Å². The zero-order valence-corrected chi connectivity index (χ0v) is 9.24. The number of ketones is 1. The van der Waals surface area contributed by atoms with E-state index in [0.29, 0.717) is 10.6 Å². The van der Waals surface area contributed by atoms with E-state index in [4.69, 9.17) is 11.6 Å². The van der Waals surface area contributed by atoms with Crippen LogP contribution in [0.5, 0.6) is 0 Å². The van der Waals surface area contributed by atoms with Crippen molar-refractivity contribution >= 4 is 23.1 Å². The standard InChI is InChI=1S/C11H10ClNO3/c12-9-3-4-10(13(15)16)8(5-9)6-11(14)7-1-2-7/h3-5,7H,1-2,6H2. The molecular weight excluding hydrogens is 230 g/mol. The van der Waals surface area contributed by atoms with E-state index >= 15 is 0 Å². The normalized spacial score (nSPS) is 14.8. The number of carbonyl (C=O) groups excluding carboxylic acids is 1. The van der Waals surface area contributed by atoms with Gasteiger partial charge in [-0.2, -0.15) is 0 Å². The molecule has 0 unspecified atom stereocenters. The number of hydrogen-bond donors (Lipinski definition) is 0. The van der Waals surface area contributed by atoms with Gasteiger partial charge in [-0.25, -0.2) is 0 Å². The predicted octanol–water partition coefficient (Wildman–Crippen LogP) is 2.77. The van der Waals surface area contributed by atoms with Gasteiger partial charge in [0.05, 0.1) is 4.92 Å². The molecule has 84 valence electrons. The van der Waals surface area contributed by atoms with E-state index in [0.717, 1.165) is 12.8 Å².